The molecule has 55 heavy (non-hydrogen) atoms. The van der Waals surface area contributed by atoms with E-state index in [2.05, 4.69) is 47.9 Å². The van der Waals surface area contributed by atoms with Crippen LogP contribution in [0, 0.1) is 46.4 Å². The van der Waals surface area contributed by atoms with Crippen molar-refractivity contribution in [2.75, 3.05) is 0 Å². The van der Waals surface area contributed by atoms with Crippen LogP contribution < -0.4 is 0 Å². The summed E-state index contributed by atoms with van der Waals surface area (Å²) in [4.78, 5) is 12.9. The summed E-state index contributed by atoms with van der Waals surface area (Å²) in [6, 6.07) is 35.0. The Kier molecular flexibility index (Phi) is 7.36. The first kappa shape index (κ1) is 24.3. The summed E-state index contributed by atoms with van der Waals surface area (Å²) in [5, 5.41) is 1.26. The van der Waals surface area contributed by atoms with E-state index in [1.54, 1.807) is 48.5 Å². The molecule has 0 atom stereocenters. The molecule has 0 saturated carbocycles. The van der Waals surface area contributed by atoms with E-state index in [1.807, 2.05) is 36.4 Å². The van der Waals surface area contributed by atoms with Crippen LogP contribution >= 0.6 is 0 Å². The van der Waals surface area contributed by atoms with Gasteiger partial charge in [-0.2, -0.15) is 0 Å². The molecule has 0 N–H and O–H groups in total. The Hall–Kier alpha value is -5.22. The van der Waals surface area contributed by atoms with Crippen molar-refractivity contribution < 1.29 is 45.1 Å². The van der Waals surface area contributed by atoms with Gasteiger partial charge in [0.15, 0.2) is 0 Å². The first-order chi connectivity index (χ1) is 32.1. The largest absolute Gasteiger partial charge is 0.486 e. The predicted octanol–water partition coefficient (Wildman–Crippen LogP) is 13.3. The van der Waals surface area contributed by atoms with Gasteiger partial charge in [0.1, 0.15) is 0 Å². The fraction of sp³-hybridized carbons (Fsp3) is 0.220. The van der Waals surface area contributed by atoms with Gasteiger partial charge in [0.05, 0.1) is 5.58 Å². The number of nitrogens with zero attached hydrogens (tertiary/aromatic N) is 3. The summed E-state index contributed by atoms with van der Waals surface area (Å²) in [5.74, 6) is 0. The first-order valence-electron chi connectivity index (χ1n) is 25.1. The van der Waals surface area contributed by atoms with E-state index in [4.69, 9.17) is 25.0 Å². The van der Waals surface area contributed by atoms with Gasteiger partial charge in [-0.15, -0.1) is 47.5 Å². The van der Waals surface area contributed by atoms with E-state index in [-0.39, 0.29) is 70.3 Å². The van der Waals surface area contributed by atoms with Crippen LogP contribution in [0.3, 0.4) is 0 Å². The molecule has 0 spiro atoms. The van der Waals surface area contributed by atoms with Gasteiger partial charge in [-0.3, -0.25) is 0 Å². The van der Waals surface area contributed by atoms with Gasteiger partial charge < -0.3 is 14.4 Å². The zero-order valence-electron chi connectivity index (χ0n) is 45.5. The van der Waals surface area contributed by atoms with E-state index in [0.717, 1.165) is 24.0 Å². The van der Waals surface area contributed by atoms with Crippen molar-refractivity contribution in [1.82, 2.24) is 15.0 Å². The van der Waals surface area contributed by atoms with Gasteiger partial charge in [-0.05, 0) is 108 Å². The molecule has 8 aromatic rings. The Morgan fingerprint density at radius 3 is 2.24 bits per heavy atom. The van der Waals surface area contributed by atoms with Gasteiger partial charge >= 0.3 is 0 Å². The monoisotopic (exact) mass is 913 g/mol. The Bertz CT molecular complexity index is 3130. The van der Waals surface area contributed by atoms with Crippen molar-refractivity contribution in [3.8, 4) is 44.8 Å². The van der Waals surface area contributed by atoms with Gasteiger partial charge in [-0.1, -0.05) is 111 Å². The Labute approximate surface area is 360 Å². The Balaban J connectivity index is 0.000000255. The molecular weight excluding hydrogens is 851 g/mol. The molecule has 0 unspecified atom stereocenters. The van der Waals surface area contributed by atoms with Crippen LogP contribution in [0.4, 0.5) is 0 Å². The molecule has 0 amide bonds. The third-order valence-corrected chi connectivity index (χ3v) is 10.1. The number of hydrogen-bond donors (Lipinski definition) is 0. The number of fused-ring (bicyclic) bond motifs is 3. The van der Waals surface area contributed by atoms with E-state index < -0.39 is 34.3 Å². The average molecular weight is 913 g/mol. The maximum Gasteiger partial charge on any atom is 0.216 e. The first-order valence-corrected chi connectivity index (χ1v) is 17.6. The molecular formula is C50H47IrN3O-2. The third-order valence-electron chi connectivity index (χ3n) is 10.1. The number of benzene rings is 4. The number of furan rings is 1. The maximum atomic E-state index is 8.36. The van der Waals surface area contributed by atoms with Crippen LogP contribution in [0.15, 0.2) is 120 Å². The summed E-state index contributed by atoms with van der Waals surface area (Å²) in [5.41, 5.74) is 5.11. The number of aryl methyl sites for hydroxylation is 5. The van der Waals surface area contributed by atoms with Crippen LogP contribution in [0.5, 0.6) is 0 Å². The molecule has 0 fully saturated rings. The zero-order valence-corrected chi connectivity index (χ0v) is 32.9. The molecule has 1 radical (unpaired) electrons. The van der Waals surface area contributed by atoms with Crippen LogP contribution in [0.1, 0.15) is 87.7 Å². The Morgan fingerprint density at radius 2 is 1.51 bits per heavy atom. The minimum absolute atomic E-state index is 0. The summed E-state index contributed by atoms with van der Waals surface area (Å²) < 4.78 is 124. The summed E-state index contributed by atoms with van der Waals surface area (Å²) in [6.45, 7) is -5.77. The number of hydrogen-bond acceptors (Lipinski definition) is 4. The second kappa shape index (κ2) is 16.7. The molecule has 0 bridgehead atoms. The molecule has 4 aromatic heterocycles. The zero-order chi connectivity index (χ0) is 50.5. The van der Waals surface area contributed by atoms with Gasteiger partial charge in [0.25, 0.3) is 0 Å². The van der Waals surface area contributed by atoms with Gasteiger partial charge in [-0.25, -0.2) is 4.98 Å². The van der Waals surface area contributed by atoms with Crippen LogP contribution in [0.25, 0.3) is 66.8 Å². The molecule has 4 aromatic carbocycles. The van der Waals surface area contributed by atoms with Crippen molar-refractivity contribution in [3.05, 3.63) is 161 Å². The fourth-order valence-corrected chi connectivity index (χ4v) is 6.49. The average Bonchev–Trinajstić information content (AvgIpc) is 3.68. The van der Waals surface area contributed by atoms with Crippen molar-refractivity contribution in [3.63, 3.8) is 0 Å². The maximum absolute atomic E-state index is 8.36. The second-order valence-electron chi connectivity index (χ2n) is 13.4. The smallest absolute Gasteiger partial charge is 0.216 e. The van der Waals surface area contributed by atoms with Crippen molar-refractivity contribution in [2.24, 2.45) is 0 Å². The van der Waals surface area contributed by atoms with Gasteiger partial charge in [0, 0.05) is 64.1 Å². The molecule has 0 aliphatic carbocycles. The van der Waals surface area contributed by atoms with Crippen molar-refractivity contribution in [1.29, 1.82) is 0 Å². The molecule has 0 aliphatic heterocycles. The van der Waals surface area contributed by atoms with Crippen LogP contribution in [0.2, 0.25) is 0 Å². The summed E-state index contributed by atoms with van der Waals surface area (Å²) >= 11 is 0. The quantitative estimate of drug-likeness (QED) is 0.150. The van der Waals surface area contributed by atoms with Crippen LogP contribution in [-0.4, -0.2) is 15.0 Å². The molecule has 4 nitrogen and oxygen atoms in total. The topological polar surface area (TPSA) is 51.8 Å². The molecule has 8 rings (SSSR count). The number of aromatic nitrogens is 3. The van der Waals surface area contributed by atoms with E-state index in [0.29, 0.717) is 44.4 Å². The summed E-state index contributed by atoms with van der Waals surface area (Å²) in [6.07, 6.45) is 4.18. The van der Waals surface area contributed by atoms with Gasteiger partial charge in [0.2, 0.25) is 5.71 Å². The number of rotatable bonds is 7. The fourth-order valence-electron chi connectivity index (χ4n) is 6.49. The van der Waals surface area contributed by atoms with E-state index in [9.17, 15) is 0 Å². The van der Waals surface area contributed by atoms with Crippen molar-refractivity contribution >= 4 is 22.1 Å². The molecule has 4 heterocycles. The van der Waals surface area contributed by atoms with Crippen LogP contribution in [-0.2, 0) is 25.5 Å². The summed E-state index contributed by atoms with van der Waals surface area (Å²) in [7, 11) is 0. The third kappa shape index (κ3) is 8.10. The molecule has 279 valence electrons. The second-order valence-corrected chi connectivity index (χ2v) is 13.4. The normalized spacial score (nSPS) is 16.5. The van der Waals surface area contributed by atoms with E-state index in [1.165, 1.54) is 30.6 Å². The predicted molar refractivity (Wildman–Crippen MR) is 225 cm³/mol. The van der Waals surface area contributed by atoms with Crippen molar-refractivity contribution in [2.45, 2.75) is 73.3 Å². The van der Waals surface area contributed by atoms with E-state index >= 15 is 0 Å². The minimum Gasteiger partial charge on any atom is -0.486 e. The number of pyridine rings is 3. The standard InChI is InChI=1S/C31H31N2O.C19H16N.Ir/c1-7-31(6,8-2)22-13-15-23(19(3)16-22)27-17-28(32-18-20(27)4)26-11-9-10-24-25-14-12-21(5)33-30(25)34-29(24)26;1-14-8-11-19(20-13-14)17-10-9-15(2)18(12-17)16-6-4-3-5-7-16;/h9-10,12-18H,7-8H2,1-6H3;3-9,11-13H,1-2H3;/q2*-1;/i3D3,4D3,5D3;1D3,2D3;. The molecule has 0 aliphatic rings. The molecule has 0 saturated heterocycles. The minimum atomic E-state index is -2.57. The Morgan fingerprint density at radius 1 is 0.691 bits per heavy atom. The molecule has 5 heteroatoms. The SMILES string of the molecule is [2H]C([2H])([2H])c1ccc(-c2[c-]cc(C([2H])([2H])[2H])c(-c3ccccc3)c2)nc1.[2H]C([2H])([2H])c1ccc2c(n1)oc1c(-c3cc(-c4ccc(C(C)(CC)CC)cc4C([2H])([2H])[2H])c(C([2H])([2H])[2H])cn3)[c-]ccc12.[Ir].